The Morgan fingerprint density at radius 3 is 2.97 bits per heavy atom. The summed E-state index contributed by atoms with van der Waals surface area (Å²) < 4.78 is 9.57. The van der Waals surface area contributed by atoms with E-state index in [1.54, 1.807) is 0 Å². The number of rotatable bonds is 4. The van der Waals surface area contributed by atoms with E-state index in [0.717, 1.165) is 82.5 Å². The van der Waals surface area contributed by atoms with Gasteiger partial charge in [-0.3, -0.25) is 0 Å². The molecule has 1 fully saturated rings. The van der Waals surface area contributed by atoms with Gasteiger partial charge in [-0.1, -0.05) is 11.3 Å². The van der Waals surface area contributed by atoms with Crippen molar-refractivity contribution in [3.63, 3.8) is 0 Å². The number of nitrogens with zero attached hydrogens (tertiary/aromatic N) is 3. The van der Waals surface area contributed by atoms with Crippen LogP contribution in [0.5, 0.6) is 5.75 Å². The molecule has 3 heterocycles. The number of thiazole rings is 1. The van der Waals surface area contributed by atoms with Crippen molar-refractivity contribution in [2.45, 2.75) is 32.2 Å². The molecule has 2 aliphatic rings. The molecule has 148 valence electrons. The average molecular weight is 406 g/mol. The lowest BCUT2D eigenvalue weighted by molar-refractivity contribution is 0.299. The normalized spacial score (nSPS) is 16.6. The van der Waals surface area contributed by atoms with Crippen molar-refractivity contribution in [1.82, 2.24) is 14.5 Å². The van der Waals surface area contributed by atoms with E-state index in [1.165, 1.54) is 24.2 Å². The van der Waals surface area contributed by atoms with Gasteiger partial charge in [-0.25, -0.2) is 9.97 Å². The topological polar surface area (TPSA) is 78.0 Å². The zero-order valence-corrected chi connectivity index (χ0v) is 17.0. The summed E-state index contributed by atoms with van der Waals surface area (Å²) in [6, 6.07) is 10.6. The van der Waals surface area contributed by atoms with Gasteiger partial charge in [0.1, 0.15) is 17.1 Å². The lowest BCUT2D eigenvalue weighted by Crippen LogP contribution is -2.09. The molecule has 0 unspecified atom stereocenters. The van der Waals surface area contributed by atoms with Crippen LogP contribution in [0.3, 0.4) is 0 Å². The fourth-order valence-corrected chi connectivity index (χ4v) is 4.87. The molecule has 0 spiro atoms. The van der Waals surface area contributed by atoms with Crippen LogP contribution in [0.25, 0.3) is 32.6 Å². The van der Waals surface area contributed by atoms with Gasteiger partial charge < -0.3 is 20.4 Å². The molecule has 0 atom stereocenters. The minimum absolute atomic E-state index is 0.599. The summed E-state index contributed by atoms with van der Waals surface area (Å²) in [4.78, 5) is 9.43. The number of anilines is 2. The molecule has 6 rings (SSSR count). The van der Waals surface area contributed by atoms with Gasteiger partial charge in [0.2, 0.25) is 0 Å². The number of ether oxygens (including phenoxy) is 1. The molecule has 29 heavy (non-hydrogen) atoms. The standard InChI is InChI=1S/C22H23N5OS/c23-22-26-16-6-5-14(9-19(16)29-22)21-25-17-10-15(24-12-13-3-4-13)11-18-20(17)27(21)7-1-2-8-28-18/h5-6,9-11,13,24H,1-4,7-8,12H2,(H2,23,26). The van der Waals surface area contributed by atoms with Crippen LogP contribution in [-0.2, 0) is 6.54 Å². The van der Waals surface area contributed by atoms with E-state index in [2.05, 4.69) is 39.1 Å². The fraction of sp³-hybridized carbons (Fsp3) is 0.364. The van der Waals surface area contributed by atoms with E-state index in [9.17, 15) is 0 Å². The second kappa shape index (κ2) is 6.62. The second-order valence-electron chi connectivity index (χ2n) is 8.04. The van der Waals surface area contributed by atoms with Crippen molar-refractivity contribution in [2.75, 3.05) is 24.2 Å². The summed E-state index contributed by atoms with van der Waals surface area (Å²) >= 11 is 1.52. The summed E-state index contributed by atoms with van der Waals surface area (Å²) in [5.74, 6) is 2.74. The van der Waals surface area contributed by atoms with Crippen LogP contribution in [0.4, 0.5) is 10.8 Å². The van der Waals surface area contributed by atoms with Gasteiger partial charge >= 0.3 is 0 Å². The second-order valence-corrected chi connectivity index (χ2v) is 9.11. The van der Waals surface area contributed by atoms with Crippen molar-refractivity contribution in [1.29, 1.82) is 0 Å². The van der Waals surface area contributed by atoms with E-state index in [-0.39, 0.29) is 0 Å². The first-order valence-corrected chi connectivity index (χ1v) is 11.1. The molecule has 1 saturated carbocycles. The smallest absolute Gasteiger partial charge is 0.181 e. The first kappa shape index (κ1) is 17.1. The van der Waals surface area contributed by atoms with Crippen LogP contribution in [-0.4, -0.2) is 27.7 Å². The number of nitrogens with one attached hydrogen (secondary N) is 1. The first-order chi connectivity index (χ1) is 14.2. The van der Waals surface area contributed by atoms with Crippen LogP contribution >= 0.6 is 11.3 Å². The maximum Gasteiger partial charge on any atom is 0.181 e. The molecule has 6 nitrogen and oxygen atoms in total. The SMILES string of the molecule is Nc1nc2ccc(-c3nc4cc(NCC5CC5)cc5c4n3CCCCO5)cc2s1. The summed E-state index contributed by atoms with van der Waals surface area (Å²) in [7, 11) is 0. The van der Waals surface area contributed by atoms with Crippen LogP contribution in [0.2, 0.25) is 0 Å². The summed E-state index contributed by atoms with van der Waals surface area (Å²) in [5.41, 5.74) is 11.1. The van der Waals surface area contributed by atoms with Gasteiger partial charge in [0.05, 0.1) is 22.3 Å². The van der Waals surface area contributed by atoms with Crippen molar-refractivity contribution in [2.24, 2.45) is 5.92 Å². The van der Waals surface area contributed by atoms with E-state index >= 15 is 0 Å². The predicted molar refractivity (Wildman–Crippen MR) is 119 cm³/mol. The van der Waals surface area contributed by atoms with E-state index in [4.69, 9.17) is 15.5 Å². The Bertz CT molecular complexity index is 1220. The Hall–Kier alpha value is -2.80. The Kier molecular flexibility index (Phi) is 3.90. The third-order valence-electron chi connectivity index (χ3n) is 5.80. The summed E-state index contributed by atoms with van der Waals surface area (Å²) in [6.45, 7) is 2.73. The van der Waals surface area contributed by atoms with E-state index < -0.39 is 0 Å². The highest BCUT2D eigenvalue weighted by Crippen LogP contribution is 2.37. The Labute approximate surface area is 172 Å². The molecule has 0 bridgehead atoms. The van der Waals surface area contributed by atoms with Crippen LogP contribution < -0.4 is 15.8 Å². The van der Waals surface area contributed by atoms with Gasteiger partial charge in [0, 0.05) is 30.4 Å². The molecule has 2 aromatic carbocycles. The summed E-state index contributed by atoms with van der Waals surface area (Å²) in [5, 5.41) is 4.18. The monoisotopic (exact) mass is 405 g/mol. The van der Waals surface area contributed by atoms with Crippen LogP contribution in [0, 0.1) is 5.92 Å². The highest BCUT2D eigenvalue weighted by molar-refractivity contribution is 7.22. The minimum Gasteiger partial charge on any atom is -0.491 e. The number of nitrogens with two attached hydrogens (primary N) is 1. The fourth-order valence-electron chi connectivity index (χ4n) is 4.10. The van der Waals surface area contributed by atoms with Crippen molar-refractivity contribution >= 4 is 43.4 Å². The number of fused-ring (bicyclic) bond motifs is 1. The molecular weight excluding hydrogens is 382 g/mol. The lowest BCUT2D eigenvalue weighted by atomic mass is 10.2. The Morgan fingerprint density at radius 1 is 1.14 bits per heavy atom. The molecule has 3 N–H and O–H groups in total. The molecule has 7 heteroatoms. The predicted octanol–water partition coefficient (Wildman–Crippen LogP) is 4.89. The molecule has 2 aromatic heterocycles. The van der Waals surface area contributed by atoms with E-state index in [0.29, 0.717) is 5.13 Å². The quantitative estimate of drug-likeness (QED) is 0.505. The number of hydrogen-bond acceptors (Lipinski definition) is 6. The molecule has 0 amide bonds. The largest absolute Gasteiger partial charge is 0.491 e. The van der Waals surface area contributed by atoms with Crippen molar-refractivity contribution < 1.29 is 4.74 Å². The number of imidazole rings is 1. The Morgan fingerprint density at radius 2 is 2.07 bits per heavy atom. The zero-order valence-electron chi connectivity index (χ0n) is 16.1. The number of aromatic nitrogens is 3. The van der Waals surface area contributed by atoms with Gasteiger partial charge in [-0.2, -0.15) is 0 Å². The number of nitrogen functional groups attached to an aromatic ring is 1. The molecule has 1 aliphatic heterocycles. The maximum absolute atomic E-state index is 6.16. The van der Waals surface area contributed by atoms with Gasteiger partial charge in [0.15, 0.2) is 5.13 Å². The lowest BCUT2D eigenvalue weighted by Gasteiger charge is -2.17. The minimum atomic E-state index is 0.599. The van der Waals surface area contributed by atoms with Crippen LogP contribution in [0.1, 0.15) is 25.7 Å². The highest BCUT2D eigenvalue weighted by Gasteiger charge is 2.22. The van der Waals surface area contributed by atoms with Crippen LogP contribution in [0.15, 0.2) is 30.3 Å². The van der Waals surface area contributed by atoms with Crippen molar-refractivity contribution in [3.8, 4) is 17.1 Å². The maximum atomic E-state index is 6.16. The van der Waals surface area contributed by atoms with Gasteiger partial charge in [0.25, 0.3) is 0 Å². The van der Waals surface area contributed by atoms with E-state index in [1.807, 2.05) is 6.07 Å². The van der Waals surface area contributed by atoms with Gasteiger partial charge in [-0.05, 0) is 55.9 Å². The third kappa shape index (κ3) is 3.09. The Balaban J connectivity index is 1.50. The average Bonchev–Trinajstić information content (AvgIpc) is 3.34. The zero-order chi connectivity index (χ0) is 19.4. The number of hydrogen-bond donors (Lipinski definition) is 2. The molecule has 4 aromatic rings. The molecule has 1 aliphatic carbocycles. The highest BCUT2D eigenvalue weighted by atomic mass is 32.1. The van der Waals surface area contributed by atoms with Crippen molar-refractivity contribution in [3.05, 3.63) is 30.3 Å². The number of aryl methyl sites for hydroxylation is 1. The first-order valence-electron chi connectivity index (χ1n) is 10.3. The molecular formula is C22H23N5OS. The molecule has 0 saturated heterocycles. The number of benzene rings is 2. The third-order valence-corrected chi connectivity index (χ3v) is 6.64. The molecule has 0 radical (unpaired) electrons. The van der Waals surface area contributed by atoms with Gasteiger partial charge in [-0.15, -0.1) is 0 Å². The summed E-state index contributed by atoms with van der Waals surface area (Å²) in [6.07, 6.45) is 4.79.